The van der Waals surface area contributed by atoms with E-state index in [-0.39, 0.29) is 0 Å². The Bertz CT molecular complexity index is 258. The summed E-state index contributed by atoms with van der Waals surface area (Å²) < 4.78 is 0. The minimum atomic E-state index is 0.722. The molecule has 1 rings (SSSR count). The first-order valence-electron chi connectivity index (χ1n) is 4.88. The molecule has 1 atom stereocenters. The number of nitrogens with one attached hydrogen (secondary N) is 1. The van der Waals surface area contributed by atoms with E-state index in [1.807, 2.05) is 18.5 Å². The van der Waals surface area contributed by atoms with Crippen molar-refractivity contribution in [2.45, 2.75) is 27.2 Å². The molecule has 0 radical (unpaired) electrons. The van der Waals surface area contributed by atoms with Crippen molar-refractivity contribution in [1.82, 2.24) is 4.98 Å². The second kappa shape index (κ2) is 4.85. The molecule has 2 heteroatoms. The lowest BCUT2D eigenvalue weighted by atomic mass is 10.1. The Morgan fingerprint density at radius 2 is 2.31 bits per heavy atom. The second-order valence-electron chi connectivity index (χ2n) is 3.58. The van der Waals surface area contributed by atoms with Crippen molar-refractivity contribution >= 4 is 5.69 Å². The number of hydrogen-bond donors (Lipinski definition) is 1. The molecule has 72 valence electrons. The molecule has 0 fully saturated rings. The number of aromatic nitrogens is 1. The third kappa shape index (κ3) is 3.05. The Kier molecular flexibility index (Phi) is 3.74. The highest BCUT2D eigenvalue weighted by atomic mass is 14.9. The summed E-state index contributed by atoms with van der Waals surface area (Å²) in [6.07, 6.45) is 4.92. The summed E-state index contributed by atoms with van der Waals surface area (Å²) in [4.78, 5) is 4.09. The van der Waals surface area contributed by atoms with Gasteiger partial charge in [0.15, 0.2) is 0 Å². The predicted molar refractivity (Wildman–Crippen MR) is 56.9 cm³/mol. The van der Waals surface area contributed by atoms with E-state index in [2.05, 4.69) is 31.1 Å². The molecule has 0 aromatic carbocycles. The van der Waals surface area contributed by atoms with Crippen LogP contribution in [-0.4, -0.2) is 11.5 Å². The Morgan fingerprint density at radius 3 is 2.92 bits per heavy atom. The van der Waals surface area contributed by atoms with E-state index in [4.69, 9.17) is 0 Å². The van der Waals surface area contributed by atoms with Crippen LogP contribution >= 0.6 is 0 Å². The summed E-state index contributed by atoms with van der Waals surface area (Å²) in [5.74, 6) is 0.722. The lowest BCUT2D eigenvalue weighted by Gasteiger charge is -2.12. The minimum Gasteiger partial charge on any atom is -0.383 e. The van der Waals surface area contributed by atoms with Gasteiger partial charge in [-0.25, -0.2) is 0 Å². The molecule has 1 heterocycles. The van der Waals surface area contributed by atoms with Crippen LogP contribution in [0.15, 0.2) is 18.5 Å². The first-order valence-corrected chi connectivity index (χ1v) is 4.88. The molecule has 0 bridgehead atoms. The summed E-state index contributed by atoms with van der Waals surface area (Å²) >= 11 is 0. The molecule has 0 amide bonds. The summed E-state index contributed by atoms with van der Waals surface area (Å²) in [5, 5.41) is 3.40. The Labute approximate surface area is 80.4 Å². The van der Waals surface area contributed by atoms with Gasteiger partial charge in [0.1, 0.15) is 0 Å². The molecule has 1 N–H and O–H groups in total. The van der Waals surface area contributed by atoms with Crippen molar-refractivity contribution in [3.8, 4) is 0 Å². The number of aryl methyl sites for hydroxylation is 1. The number of anilines is 1. The molecule has 2 nitrogen and oxygen atoms in total. The van der Waals surface area contributed by atoms with E-state index in [0.29, 0.717) is 0 Å². The van der Waals surface area contributed by atoms with Gasteiger partial charge in [0.25, 0.3) is 0 Å². The summed E-state index contributed by atoms with van der Waals surface area (Å²) in [6, 6.07) is 2.03. The Hall–Kier alpha value is -1.05. The normalized spacial score (nSPS) is 12.5. The zero-order chi connectivity index (χ0) is 9.68. The maximum Gasteiger partial charge on any atom is 0.0556 e. The minimum absolute atomic E-state index is 0.722. The Morgan fingerprint density at radius 1 is 1.54 bits per heavy atom. The van der Waals surface area contributed by atoms with Gasteiger partial charge in [0.2, 0.25) is 0 Å². The third-order valence-corrected chi connectivity index (χ3v) is 2.38. The topological polar surface area (TPSA) is 24.9 Å². The first-order chi connectivity index (χ1) is 6.24. The van der Waals surface area contributed by atoms with Crippen LogP contribution in [0, 0.1) is 12.8 Å². The fourth-order valence-corrected chi connectivity index (χ4v) is 1.08. The van der Waals surface area contributed by atoms with Crippen molar-refractivity contribution in [3.05, 3.63) is 24.0 Å². The van der Waals surface area contributed by atoms with Crippen molar-refractivity contribution in [1.29, 1.82) is 0 Å². The van der Waals surface area contributed by atoms with Gasteiger partial charge >= 0.3 is 0 Å². The van der Waals surface area contributed by atoms with Crippen LogP contribution in [0.2, 0.25) is 0 Å². The van der Waals surface area contributed by atoms with Gasteiger partial charge in [-0.2, -0.15) is 0 Å². The van der Waals surface area contributed by atoms with Gasteiger partial charge < -0.3 is 5.32 Å². The van der Waals surface area contributed by atoms with Gasteiger partial charge in [0.05, 0.1) is 11.9 Å². The quantitative estimate of drug-likeness (QED) is 0.766. The summed E-state index contributed by atoms with van der Waals surface area (Å²) in [6.45, 7) is 7.59. The molecule has 1 aromatic heterocycles. The Balaban J connectivity index is 2.50. The third-order valence-electron chi connectivity index (χ3n) is 2.38. The smallest absolute Gasteiger partial charge is 0.0556 e. The lowest BCUT2D eigenvalue weighted by molar-refractivity contribution is 0.593. The highest BCUT2D eigenvalue weighted by molar-refractivity contribution is 5.47. The van der Waals surface area contributed by atoms with Crippen molar-refractivity contribution in [2.75, 3.05) is 11.9 Å². The van der Waals surface area contributed by atoms with E-state index in [1.165, 1.54) is 12.0 Å². The van der Waals surface area contributed by atoms with E-state index < -0.39 is 0 Å². The zero-order valence-corrected chi connectivity index (χ0v) is 8.67. The van der Waals surface area contributed by atoms with Crippen LogP contribution in [0.4, 0.5) is 5.69 Å². The van der Waals surface area contributed by atoms with Crippen LogP contribution in [0.25, 0.3) is 0 Å². The average Bonchev–Trinajstić information content (AvgIpc) is 2.16. The van der Waals surface area contributed by atoms with Gasteiger partial charge in [-0.3, -0.25) is 4.98 Å². The van der Waals surface area contributed by atoms with E-state index in [0.717, 1.165) is 18.2 Å². The van der Waals surface area contributed by atoms with Gasteiger partial charge in [0, 0.05) is 12.7 Å². The van der Waals surface area contributed by atoms with Crippen molar-refractivity contribution < 1.29 is 0 Å². The number of nitrogens with zero attached hydrogens (tertiary/aromatic N) is 1. The molecule has 0 aliphatic rings. The fourth-order valence-electron chi connectivity index (χ4n) is 1.08. The first kappa shape index (κ1) is 10.0. The molecule has 13 heavy (non-hydrogen) atoms. The summed E-state index contributed by atoms with van der Waals surface area (Å²) in [7, 11) is 0. The molecule has 0 saturated heterocycles. The molecule has 0 unspecified atom stereocenters. The molecule has 0 saturated carbocycles. The van der Waals surface area contributed by atoms with Crippen molar-refractivity contribution in [2.24, 2.45) is 5.92 Å². The highest BCUT2D eigenvalue weighted by Gasteiger charge is 2.00. The van der Waals surface area contributed by atoms with Crippen LogP contribution in [0.1, 0.15) is 25.8 Å². The number of hydrogen-bond acceptors (Lipinski definition) is 2. The van der Waals surface area contributed by atoms with Gasteiger partial charge in [-0.1, -0.05) is 20.3 Å². The molecule has 1 aromatic rings. The van der Waals surface area contributed by atoms with Crippen LogP contribution in [0.5, 0.6) is 0 Å². The maximum atomic E-state index is 4.09. The van der Waals surface area contributed by atoms with E-state index in [1.54, 1.807) is 0 Å². The zero-order valence-electron chi connectivity index (χ0n) is 8.67. The van der Waals surface area contributed by atoms with E-state index in [9.17, 15) is 0 Å². The summed E-state index contributed by atoms with van der Waals surface area (Å²) in [5.41, 5.74) is 2.42. The SMILES string of the molecule is CC[C@@H](C)CNc1cnccc1C. The van der Waals surface area contributed by atoms with Gasteiger partial charge in [-0.05, 0) is 24.5 Å². The van der Waals surface area contributed by atoms with Crippen LogP contribution < -0.4 is 5.32 Å². The number of rotatable bonds is 4. The maximum absolute atomic E-state index is 4.09. The average molecular weight is 178 g/mol. The number of pyridine rings is 1. The molecule has 0 spiro atoms. The van der Waals surface area contributed by atoms with Crippen LogP contribution in [-0.2, 0) is 0 Å². The standard InChI is InChI=1S/C11H18N2/c1-4-9(2)7-13-11-8-12-6-5-10(11)3/h5-6,8-9,13H,4,7H2,1-3H3/t9-/m1/s1. The largest absolute Gasteiger partial charge is 0.383 e. The monoisotopic (exact) mass is 178 g/mol. The van der Waals surface area contributed by atoms with Crippen molar-refractivity contribution in [3.63, 3.8) is 0 Å². The van der Waals surface area contributed by atoms with E-state index >= 15 is 0 Å². The molecular weight excluding hydrogens is 160 g/mol. The molecule has 0 aliphatic carbocycles. The molecule has 0 aliphatic heterocycles. The predicted octanol–water partition coefficient (Wildman–Crippen LogP) is 2.85. The second-order valence-corrected chi connectivity index (χ2v) is 3.58. The molecular formula is C11H18N2. The lowest BCUT2D eigenvalue weighted by Crippen LogP contribution is -2.11. The highest BCUT2D eigenvalue weighted by Crippen LogP contribution is 2.12. The fraction of sp³-hybridized carbons (Fsp3) is 0.545. The van der Waals surface area contributed by atoms with Gasteiger partial charge in [-0.15, -0.1) is 0 Å². The van der Waals surface area contributed by atoms with Crippen LogP contribution in [0.3, 0.4) is 0 Å².